The summed E-state index contributed by atoms with van der Waals surface area (Å²) in [5.74, 6) is -0.399. The highest BCUT2D eigenvalue weighted by Crippen LogP contribution is 2.24. The third kappa shape index (κ3) is 2.33. The standard InChI is InChI=1S/C12H13ClFN3/c1-7-5-11(17(2)16-7)12(15)9-4-3-8(13)6-10(9)14/h3-6,12H,15H2,1-2H3. The number of aromatic nitrogens is 2. The molecule has 0 spiro atoms. The van der Waals surface area contributed by atoms with Gasteiger partial charge in [-0.1, -0.05) is 17.7 Å². The Bertz CT molecular complexity index is 551. The van der Waals surface area contributed by atoms with Crippen LogP contribution in [0.25, 0.3) is 0 Å². The van der Waals surface area contributed by atoms with Gasteiger partial charge in [0.15, 0.2) is 0 Å². The molecule has 0 amide bonds. The van der Waals surface area contributed by atoms with Gasteiger partial charge in [-0.15, -0.1) is 0 Å². The third-order valence-corrected chi connectivity index (χ3v) is 2.89. The van der Waals surface area contributed by atoms with E-state index in [1.807, 2.05) is 13.0 Å². The fraction of sp³-hybridized carbons (Fsp3) is 0.250. The van der Waals surface area contributed by atoms with Gasteiger partial charge in [-0.05, 0) is 25.1 Å². The van der Waals surface area contributed by atoms with E-state index in [-0.39, 0.29) is 0 Å². The minimum absolute atomic E-state index is 0.361. The zero-order valence-corrected chi connectivity index (χ0v) is 10.4. The zero-order chi connectivity index (χ0) is 12.6. The van der Waals surface area contributed by atoms with E-state index >= 15 is 0 Å². The van der Waals surface area contributed by atoms with Gasteiger partial charge in [0.1, 0.15) is 5.82 Å². The Balaban J connectivity index is 2.43. The fourth-order valence-electron chi connectivity index (χ4n) is 1.83. The van der Waals surface area contributed by atoms with Crippen molar-refractivity contribution in [2.45, 2.75) is 13.0 Å². The zero-order valence-electron chi connectivity index (χ0n) is 9.61. The summed E-state index contributed by atoms with van der Waals surface area (Å²) in [6.45, 7) is 1.87. The van der Waals surface area contributed by atoms with Gasteiger partial charge in [0, 0.05) is 17.6 Å². The van der Waals surface area contributed by atoms with Crippen LogP contribution in [-0.2, 0) is 7.05 Å². The van der Waals surface area contributed by atoms with Gasteiger partial charge in [-0.2, -0.15) is 5.10 Å². The molecule has 1 heterocycles. The summed E-state index contributed by atoms with van der Waals surface area (Å²) >= 11 is 5.70. The molecule has 0 fully saturated rings. The highest BCUT2D eigenvalue weighted by Gasteiger charge is 2.17. The monoisotopic (exact) mass is 253 g/mol. The van der Waals surface area contributed by atoms with Crippen LogP contribution in [0.1, 0.15) is 23.0 Å². The summed E-state index contributed by atoms with van der Waals surface area (Å²) in [5, 5.41) is 4.55. The number of nitrogens with zero attached hydrogens (tertiary/aromatic N) is 2. The molecule has 0 saturated carbocycles. The maximum atomic E-state index is 13.7. The van der Waals surface area contributed by atoms with E-state index in [0.29, 0.717) is 10.6 Å². The first-order valence-electron chi connectivity index (χ1n) is 5.20. The minimum atomic E-state index is -0.543. The molecule has 1 aromatic heterocycles. The van der Waals surface area contributed by atoms with E-state index < -0.39 is 11.9 Å². The molecule has 1 aromatic carbocycles. The lowest BCUT2D eigenvalue weighted by atomic mass is 10.0. The van der Waals surface area contributed by atoms with E-state index in [1.54, 1.807) is 23.9 Å². The first kappa shape index (κ1) is 12.1. The summed E-state index contributed by atoms with van der Waals surface area (Å²) in [6.07, 6.45) is 0. The molecule has 0 aliphatic carbocycles. The molecule has 17 heavy (non-hydrogen) atoms. The molecule has 5 heteroatoms. The van der Waals surface area contributed by atoms with Crippen molar-refractivity contribution in [3.63, 3.8) is 0 Å². The topological polar surface area (TPSA) is 43.8 Å². The SMILES string of the molecule is Cc1cc(C(N)c2ccc(Cl)cc2F)n(C)n1. The van der Waals surface area contributed by atoms with Gasteiger partial charge in [0.05, 0.1) is 17.4 Å². The molecule has 90 valence electrons. The van der Waals surface area contributed by atoms with E-state index in [2.05, 4.69) is 5.10 Å². The Morgan fingerprint density at radius 3 is 2.65 bits per heavy atom. The maximum absolute atomic E-state index is 13.7. The van der Waals surface area contributed by atoms with Crippen LogP contribution >= 0.6 is 11.6 Å². The summed E-state index contributed by atoms with van der Waals surface area (Å²) in [4.78, 5) is 0. The van der Waals surface area contributed by atoms with Crippen LogP contribution in [0.2, 0.25) is 5.02 Å². The number of halogens is 2. The summed E-state index contributed by atoms with van der Waals surface area (Å²) in [7, 11) is 1.79. The smallest absolute Gasteiger partial charge is 0.129 e. The number of aryl methyl sites for hydroxylation is 2. The third-order valence-electron chi connectivity index (χ3n) is 2.65. The summed E-state index contributed by atoms with van der Waals surface area (Å²) < 4.78 is 15.4. The van der Waals surface area contributed by atoms with Crippen molar-refractivity contribution in [2.24, 2.45) is 12.8 Å². The van der Waals surface area contributed by atoms with Gasteiger partial charge in [0.2, 0.25) is 0 Å². The van der Waals surface area contributed by atoms with E-state index in [9.17, 15) is 4.39 Å². The lowest BCUT2D eigenvalue weighted by Crippen LogP contribution is -2.17. The average molecular weight is 254 g/mol. The molecule has 1 atom stereocenters. The lowest BCUT2D eigenvalue weighted by Gasteiger charge is -2.13. The van der Waals surface area contributed by atoms with Gasteiger partial charge < -0.3 is 5.73 Å². The van der Waals surface area contributed by atoms with E-state index in [1.165, 1.54) is 6.07 Å². The second-order valence-electron chi connectivity index (χ2n) is 3.98. The molecule has 3 nitrogen and oxygen atoms in total. The highest BCUT2D eigenvalue weighted by molar-refractivity contribution is 6.30. The normalized spacial score (nSPS) is 12.8. The number of hydrogen-bond acceptors (Lipinski definition) is 2. The molecule has 1 unspecified atom stereocenters. The molecule has 2 aromatic rings. The van der Waals surface area contributed by atoms with Crippen molar-refractivity contribution in [1.82, 2.24) is 9.78 Å². The first-order valence-corrected chi connectivity index (χ1v) is 5.58. The van der Waals surface area contributed by atoms with Crippen molar-refractivity contribution in [3.05, 3.63) is 52.1 Å². The highest BCUT2D eigenvalue weighted by atomic mass is 35.5. The van der Waals surface area contributed by atoms with Crippen LogP contribution in [0.15, 0.2) is 24.3 Å². The van der Waals surface area contributed by atoms with Crippen molar-refractivity contribution in [2.75, 3.05) is 0 Å². The predicted octanol–water partition coefficient (Wildman–Crippen LogP) is 2.57. The second kappa shape index (κ2) is 4.47. The van der Waals surface area contributed by atoms with Crippen molar-refractivity contribution < 1.29 is 4.39 Å². The van der Waals surface area contributed by atoms with Gasteiger partial charge in [0.25, 0.3) is 0 Å². The lowest BCUT2D eigenvalue weighted by molar-refractivity contribution is 0.586. The molecular weight excluding hydrogens is 241 g/mol. The molecule has 0 saturated heterocycles. The molecule has 0 bridgehead atoms. The van der Waals surface area contributed by atoms with E-state index in [4.69, 9.17) is 17.3 Å². The quantitative estimate of drug-likeness (QED) is 0.894. The Labute approximate surface area is 104 Å². The fourth-order valence-corrected chi connectivity index (χ4v) is 1.99. The van der Waals surface area contributed by atoms with Crippen LogP contribution in [-0.4, -0.2) is 9.78 Å². The molecule has 2 N–H and O–H groups in total. The van der Waals surface area contributed by atoms with Gasteiger partial charge >= 0.3 is 0 Å². The molecule has 0 aliphatic heterocycles. The van der Waals surface area contributed by atoms with Crippen molar-refractivity contribution in [3.8, 4) is 0 Å². The molecule has 0 aliphatic rings. The summed E-state index contributed by atoms with van der Waals surface area (Å²) in [5.41, 5.74) is 8.07. The molecule has 0 radical (unpaired) electrons. The van der Waals surface area contributed by atoms with Crippen LogP contribution < -0.4 is 5.73 Å². The number of rotatable bonds is 2. The number of benzene rings is 1. The van der Waals surface area contributed by atoms with Crippen LogP contribution in [0.3, 0.4) is 0 Å². The minimum Gasteiger partial charge on any atom is -0.319 e. The molecular formula is C12H13ClFN3. The predicted molar refractivity (Wildman–Crippen MR) is 65.4 cm³/mol. The van der Waals surface area contributed by atoms with Gasteiger partial charge in [-0.25, -0.2) is 4.39 Å². The Hall–Kier alpha value is -1.39. The van der Waals surface area contributed by atoms with Crippen LogP contribution in [0.4, 0.5) is 4.39 Å². The first-order chi connectivity index (χ1) is 7.99. The number of hydrogen-bond donors (Lipinski definition) is 1. The van der Waals surface area contributed by atoms with Gasteiger partial charge in [-0.3, -0.25) is 4.68 Å². The maximum Gasteiger partial charge on any atom is 0.129 e. The largest absolute Gasteiger partial charge is 0.319 e. The van der Waals surface area contributed by atoms with Crippen molar-refractivity contribution >= 4 is 11.6 Å². The summed E-state index contributed by atoms with van der Waals surface area (Å²) in [6, 6.07) is 5.80. The number of nitrogens with two attached hydrogens (primary N) is 1. The van der Waals surface area contributed by atoms with E-state index in [0.717, 1.165) is 11.4 Å². The van der Waals surface area contributed by atoms with Crippen LogP contribution in [0, 0.1) is 12.7 Å². The Morgan fingerprint density at radius 2 is 2.12 bits per heavy atom. The second-order valence-corrected chi connectivity index (χ2v) is 4.41. The van der Waals surface area contributed by atoms with Crippen molar-refractivity contribution in [1.29, 1.82) is 0 Å². The Kier molecular flexibility index (Phi) is 3.17. The van der Waals surface area contributed by atoms with Crippen LogP contribution in [0.5, 0.6) is 0 Å². The Morgan fingerprint density at radius 1 is 1.41 bits per heavy atom. The average Bonchev–Trinajstić information content (AvgIpc) is 2.57. The molecule has 2 rings (SSSR count).